The number of aromatic hydroxyl groups is 1. The SMILES string of the molecule is O=C(O)CCCCC(=O)O.Oc1ccccc1. The first kappa shape index (κ1) is 15.0. The Labute approximate surface area is 99.3 Å². The molecule has 0 spiro atoms. The number of carboxylic acid groups (broad SMARTS) is 2. The van der Waals surface area contributed by atoms with Gasteiger partial charge >= 0.3 is 11.9 Å². The maximum absolute atomic E-state index is 9.90. The normalized spacial score (nSPS) is 8.94. The average Bonchev–Trinajstić information content (AvgIpc) is 2.26. The average molecular weight is 240 g/mol. The molecule has 1 rings (SSSR count). The molecule has 0 fully saturated rings. The van der Waals surface area contributed by atoms with Gasteiger partial charge in [-0.1, -0.05) is 18.2 Å². The molecule has 0 saturated carbocycles. The van der Waals surface area contributed by atoms with Crippen LogP contribution in [0.15, 0.2) is 30.3 Å². The number of hydrogen-bond donors (Lipinski definition) is 3. The van der Waals surface area contributed by atoms with Crippen LogP contribution in [0.2, 0.25) is 0 Å². The molecule has 0 radical (unpaired) electrons. The lowest BCUT2D eigenvalue weighted by Gasteiger charge is -1.92. The standard InChI is InChI=1S/C6H10O4.C6H6O/c7-5(8)3-1-2-4-6(9)10;7-6-4-2-1-3-5-6/h1-4H2,(H,7,8)(H,9,10);1-5,7H. The Bertz CT molecular complexity index is 318. The van der Waals surface area contributed by atoms with Crippen LogP contribution in [-0.2, 0) is 9.59 Å². The molecule has 0 unspecified atom stereocenters. The van der Waals surface area contributed by atoms with Crippen molar-refractivity contribution in [1.82, 2.24) is 0 Å². The van der Waals surface area contributed by atoms with Crippen molar-refractivity contribution in [2.24, 2.45) is 0 Å². The maximum Gasteiger partial charge on any atom is 0.303 e. The van der Waals surface area contributed by atoms with Crippen molar-refractivity contribution in [2.75, 3.05) is 0 Å². The molecule has 0 aliphatic heterocycles. The minimum atomic E-state index is -0.870. The second-order valence-electron chi connectivity index (χ2n) is 3.33. The van der Waals surface area contributed by atoms with E-state index in [1.165, 1.54) is 0 Å². The molecule has 0 bridgehead atoms. The third kappa shape index (κ3) is 11.9. The van der Waals surface area contributed by atoms with Crippen molar-refractivity contribution >= 4 is 11.9 Å². The fourth-order valence-electron chi connectivity index (χ4n) is 0.980. The Morgan fingerprint density at radius 1 is 0.882 bits per heavy atom. The minimum Gasteiger partial charge on any atom is -0.508 e. The summed E-state index contributed by atoms with van der Waals surface area (Å²) in [7, 11) is 0. The van der Waals surface area contributed by atoms with E-state index >= 15 is 0 Å². The van der Waals surface area contributed by atoms with E-state index < -0.39 is 11.9 Å². The molecule has 17 heavy (non-hydrogen) atoms. The zero-order valence-corrected chi connectivity index (χ0v) is 9.37. The van der Waals surface area contributed by atoms with Crippen LogP contribution in [0.4, 0.5) is 0 Å². The van der Waals surface area contributed by atoms with E-state index in [0.717, 1.165) is 0 Å². The van der Waals surface area contributed by atoms with E-state index in [-0.39, 0.29) is 12.8 Å². The zero-order valence-electron chi connectivity index (χ0n) is 9.37. The number of unbranched alkanes of at least 4 members (excludes halogenated alkanes) is 1. The number of rotatable bonds is 5. The smallest absolute Gasteiger partial charge is 0.303 e. The lowest BCUT2D eigenvalue weighted by molar-refractivity contribution is -0.139. The summed E-state index contributed by atoms with van der Waals surface area (Å²) in [5, 5.41) is 24.9. The van der Waals surface area contributed by atoms with Gasteiger partial charge in [-0.2, -0.15) is 0 Å². The molecular weight excluding hydrogens is 224 g/mol. The maximum atomic E-state index is 9.90. The molecule has 3 N–H and O–H groups in total. The second-order valence-corrected chi connectivity index (χ2v) is 3.33. The van der Waals surface area contributed by atoms with Gasteiger partial charge in [0.2, 0.25) is 0 Å². The highest BCUT2D eigenvalue weighted by Gasteiger charge is 1.99. The number of benzene rings is 1. The van der Waals surface area contributed by atoms with Gasteiger partial charge in [-0.3, -0.25) is 9.59 Å². The first-order valence-electron chi connectivity index (χ1n) is 5.20. The highest BCUT2D eigenvalue weighted by atomic mass is 16.4. The van der Waals surface area contributed by atoms with Crippen LogP contribution < -0.4 is 0 Å². The fraction of sp³-hybridized carbons (Fsp3) is 0.333. The number of phenolic OH excluding ortho intramolecular Hbond substituents is 1. The van der Waals surface area contributed by atoms with E-state index in [1.807, 2.05) is 6.07 Å². The highest BCUT2D eigenvalue weighted by Crippen LogP contribution is 2.02. The molecule has 5 nitrogen and oxygen atoms in total. The van der Waals surface area contributed by atoms with Gasteiger partial charge in [0.25, 0.3) is 0 Å². The van der Waals surface area contributed by atoms with Crippen LogP contribution >= 0.6 is 0 Å². The van der Waals surface area contributed by atoms with Gasteiger partial charge in [-0.25, -0.2) is 0 Å². The van der Waals surface area contributed by atoms with Crippen LogP contribution in [-0.4, -0.2) is 27.3 Å². The number of carbonyl (C=O) groups is 2. The van der Waals surface area contributed by atoms with Crippen LogP contribution in [0.3, 0.4) is 0 Å². The predicted octanol–water partition coefficient (Wildman–Crippen LogP) is 2.11. The van der Waals surface area contributed by atoms with Crippen molar-refractivity contribution in [2.45, 2.75) is 25.7 Å². The van der Waals surface area contributed by atoms with E-state index in [4.69, 9.17) is 15.3 Å². The molecule has 0 amide bonds. The van der Waals surface area contributed by atoms with Gasteiger partial charge in [0.05, 0.1) is 0 Å². The Hall–Kier alpha value is -2.04. The number of para-hydroxylation sites is 1. The molecule has 0 saturated heterocycles. The Morgan fingerprint density at radius 2 is 1.29 bits per heavy atom. The quantitative estimate of drug-likeness (QED) is 0.685. The van der Waals surface area contributed by atoms with Gasteiger partial charge in [-0.15, -0.1) is 0 Å². The van der Waals surface area contributed by atoms with Gasteiger partial charge < -0.3 is 15.3 Å². The summed E-state index contributed by atoms with van der Waals surface area (Å²) in [4.78, 5) is 19.8. The van der Waals surface area contributed by atoms with Crippen molar-refractivity contribution in [3.8, 4) is 5.75 Å². The largest absolute Gasteiger partial charge is 0.508 e. The van der Waals surface area contributed by atoms with E-state index in [0.29, 0.717) is 18.6 Å². The summed E-state index contributed by atoms with van der Waals surface area (Å²) >= 11 is 0. The molecule has 0 atom stereocenters. The molecule has 1 aromatic carbocycles. The summed E-state index contributed by atoms with van der Waals surface area (Å²) in [6.45, 7) is 0. The van der Waals surface area contributed by atoms with Crippen molar-refractivity contribution in [3.63, 3.8) is 0 Å². The van der Waals surface area contributed by atoms with Crippen LogP contribution in [0.5, 0.6) is 5.75 Å². The Balaban J connectivity index is 0.000000318. The van der Waals surface area contributed by atoms with Crippen molar-refractivity contribution in [3.05, 3.63) is 30.3 Å². The van der Waals surface area contributed by atoms with Gasteiger partial charge in [-0.05, 0) is 25.0 Å². The third-order valence-electron chi connectivity index (χ3n) is 1.79. The van der Waals surface area contributed by atoms with Gasteiger partial charge in [0, 0.05) is 12.8 Å². The summed E-state index contributed by atoms with van der Waals surface area (Å²) in [6, 6.07) is 8.71. The number of hydrogen-bond acceptors (Lipinski definition) is 3. The second kappa shape index (κ2) is 9.21. The third-order valence-corrected chi connectivity index (χ3v) is 1.79. The lowest BCUT2D eigenvalue weighted by Crippen LogP contribution is -1.97. The predicted molar refractivity (Wildman–Crippen MR) is 61.8 cm³/mol. The number of carboxylic acids is 2. The number of aliphatic carboxylic acids is 2. The summed E-state index contributed by atoms with van der Waals surface area (Å²) in [5.41, 5.74) is 0. The first-order valence-corrected chi connectivity index (χ1v) is 5.20. The molecule has 5 heteroatoms. The monoisotopic (exact) mass is 240 g/mol. The first-order chi connectivity index (χ1) is 8.02. The minimum absolute atomic E-state index is 0.0628. The summed E-state index contributed by atoms with van der Waals surface area (Å²) in [6.07, 6.45) is 1.02. The Kier molecular flexibility index (Phi) is 8.10. The van der Waals surface area contributed by atoms with Crippen LogP contribution in [0, 0.1) is 0 Å². The van der Waals surface area contributed by atoms with E-state index in [1.54, 1.807) is 24.3 Å². The van der Waals surface area contributed by atoms with Gasteiger partial charge in [0.15, 0.2) is 0 Å². The van der Waals surface area contributed by atoms with Crippen molar-refractivity contribution in [1.29, 1.82) is 0 Å². The van der Waals surface area contributed by atoms with Crippen molar-refractivity contribution < 1.29 is 24.9 Å². The Morgan fingerprint density at radius 3 is 1.53 bits per heavy atom. The van der Waals surface area contributed by atoms with E-state index in [9.17, 15) is 9.59 Å². The highest BCUT2D eigenvalue weighted by molar-refractivity contribution is 5.67. The summed E-state index contributed by atoms with van der Waals surface area (Å²) in [5.74, 6) is -1.42. The van der Waals surface area contributed by atoms with Crippen LogP contribution in [0.25, 0.3) is 0 Å². The molecular formula is C12H16O5. The molecule has 1 aromatic rings. The summed E-state index contributed by atoms with van der Waals surface area (Å²) < 4.78 is 0. The lowest BCUT2D eigenvalue weighted by atomic mass is 10.2. The zero-order chi connectivity index (χ0) is 13.1. The molecule has 0 aliphatic rings. The molecule has 94 valence electrons. The molecule has 0 heterocycles. The van der Waals surface area contributed by atoms with E-state index in [2.05, 4.69) is 0 Å². The fourth-order valence-corrected chi connectivity index (χ4v) is 0.980. The van der Waals surface area contributed by atoms with Gasteiger partial charge in [0.1, 0.15) is 5.75 Å². The number of phenols is 1. The topological polar surface area (TPSA) is 94.8 Å². The molecule has 0 aromatic heterocycles. The molecule has 0 aliphatic carbocycles. The van der Waals surface area contributed by atoms with Crippen LogP contribution in [0.1, 0.15) is 25.7 Å².